The molecular formula is C23H27NO6S. The van der Waals surface area contributed by atoms with Gasteiger partial charge in [-0.05, 0) is 50.5 Å². The molecule has 31 heavy (non-hydrogen) atoms. The summed E-state index contributed by atoms with van der Waals surface area (Å²) in [6, 6.07) is 10.4. The molecule has 0 atom stereocenters. The number of carbonyl (C=O) groups is 1. The summed E-state index contributed by atoms with van der Waals surface area (Å²) in [5, 5.41) is 0. The number of ether oxygens (including phenoxy) is 3. The van der Waals surface area contributed by atoms with Gasteiger partial charge in [-0.25, -0.2) is 8.42 Å². The quantitative estimate of drug-likeness (QED) is 0.529. The second-order valence-electron chi connectivity index (χ2n) is 8.03. The van der Waals surface area contributed by atoms with Crippen LogP contribution in [-0.2, 0) is 14.8 Å². The summed E-state index contributed by atoms with van der Waals surface area (Å²) in [6.45, 7) is 5.46. The van der Waals surface area contributed by atoms with E-state index in [1.807, 2.05) is 26.0 Å². The van der Waals surface area contributed by atoms with Crippen molar-refractivity contribution in [2.75, 3.05) is 26.3 Å². The third-order valence-corrected chi connectivity index (χ3v) is 7.58. The van der Waals surface area contributed by atoms with Crippen molar-refractivity contribution in [2.45, 2.75) is 38.0 Å². The highest BCUT2D eigenvalue weighted by molar-refractivity contribution is 7.89. The number of hydrogen-bond acceptors (Lipinski definition) is 6. The van der Waals surface area contributed by atoms with Crippen LogP contribution in [0.25, 0.3) is 0 Å². The molecule has 2 aliphatic heterocycles. The fraction of sp³-hybridized carbons (Fsp3) is 0.435. The molecule has 8 heteroatoms. The van der Waals surface area contributed by atoms with Gasteiger partial charge in [0, 0.05) is 25.6 Å². The number of nitrogens with zero attached hydrogens (tertiary/aromatic N) is 1. The number of hydrogen-bond donors (Lipinski definition) is 0. The minimum atomic E-state index is -3.68. The lowest BCUT2D eigenvalue weighted by Gasteiger charge is -2.30. The maximum Gasteiger partial charge on any atom is 0.314 e. The highest BCUT2D eigenvalue weighted by Crippen LogP contribution is 2.34. The van der Waals surface area contributed by atoms with E-state index in [9.17, 15) is 13.2 Å². The van der Waals surface area contributed by atoms with Crippen molar-refractivity contribution in [3.8, 4) is 17.2 Å². The van der Waals surface area contributed by atoms with Gasteiger partial charge in [0.2, 0.25) is 10.0 Å². The fourth-order valence-corrected chi connectivity index (χ4v) is 5.38. The van der Waals surface area contributed by atoms with Gasteiger partial charge in [0.05, 0.1) is 24.0 Å². The van der Waals surface area contributed by atoms with Crippen LogP contribution in [0.5, 0.6) is 17.2 Å². The van der Waals surface area contributed by atoms with Gasteiger partial charge in [-0.3, -0.25) is 4.79 Å². The molecule has 0 N–H and O–H groups in total. The second kappa shape index (κ2) is 8.88. The van der Waals surface area contributed by atoms with Crippen LogP contribution in [0.4, 0.5) is 0 Å². The van der Waals surface area contributed by atoms with E-state index >= 15 is 0 Å². The van der Waals surface area contributed by atoms with E-state index in [1.54, 1.807) is 18.2 Å². The molecule has 2 aliphatic rings. The fourth-order valence-electron chi connectivity index (χ4n) is 3.89. The first-order chi connectivity index (χ1) is 14.8. The maximum absolute atomic E-state index is 13.1. The van der Waals surface area contributed by atoms with Crippen LogP contribution in [0.3, 0.4) is 0 Å². The summed E-state index contributed by atoms with van der Waals surface area (Å²) < 4.78 is 44.4. The topological polar surface area (TPSA) is 82.1 Å². The first-order valence-corrected chi connectivity index (χ1v) is 12.0. The Morgan fingerprint density at radius 1 is 1.00 bits per heavy atom. The highest BCUT2D eigenvalue weighted by Gasteiger charge is 2.33. The molecule has 0 spiro atoms. The van der Waals surface area contributed by atoms with E-state index in [2.05, 4.69) is 0 Å². The molecular weight excluding hydrogens is 418 g/mol. The van der Waals surface area contributed by atoms with Crippen molar-refractivity contribution in [2.24, 2.45) is 5.92 Å². The predicted molar refractivity (Wildman–Crippen MR) is 115 cm³/mol. The third-order valence-electron chi connectivity index (χ3n) is 5.69. The minimum Gasteiger partial charge on any atom is -0.490 e. The van der Waals surface area contributed by atoms with Crippen LogP contribution in [0.2, 0.25) is 0 Å². The van der Waals surface area contributed by atoms with E-state index in [1.165, 1.54) is 10.4 Å². The van der Waals surface area contributed by atoms with Crippen LogP contribution in [0.1, 0.15) is 30.4 Å². The van der Waals surface area contributed by atoms with Crippen LogP contribution >= 0.6 is 0 Å². The number of sulfonamides is 1. The van der Waals surface area contributed by atoms with Gasteiger partial charge < -0.3 is 14.2 Å². The molecule has 0 unspecified atom stereocenters. The van der Waals surface area contributed by atoms with Gasteiger partial charge in [-0.2, -0.15) is 4.31 Å². The predicted octanol–water partition coefficient (Wildman–Crippen LogP) is 3.47. The average Bonchev–Trinajstić information content (AvgIpc) is 3.00. The molecule has 0 radical (unpaired) electrons. The number of benzene rings is 2. The van der Waals surface area contributed by atoms with Crippen molar-refractivity contribution in [3.63, 3.8) is 0 Å². The van der Waals surface area contributed by atoms with E-state index in [0.717, 1.165) is 17.5 Å². The Hall–Kier alpha value is -2.58. The lowest BCUT2D eigenvalue weighted by atomic mass is 9.98. The maximum atomic E-state index is 13.1. The Balaban J connectivity index is 1.41. The number of aryl methyl sites for hydroxylation is 2. The van der Waals surface area contributed by atoms with Crippen LogP contribution in [0, 0.1) is 19.8 Å². The van der Waals surface area contributed by atoms with E-state index in [4.69, 9.17) is 14.2 Å². The van der Waals surface area contributed by atoms with Crippen LogP contribution < -0.4 is 14.2 Å². The summed E-state index contributed by atoms with van der Waals surface area (Å²) in [5.74, 6) is 0.933. The van der Waals surface area contributed by atoms with Crippen LogP contribution in [-0.4, -0.2) is 45.0 Å². The molecule has 2 heterocycles. The number of fused-ring (bicyclic) bond motifs is 1. The van der Waals surface area contributed by atoms with E-state index < -0.39 is 10.0 Å². The molecule has 0 aliphatic carbocycles. The summed E-state index contributed by atoms with van der Waals surface area (Å²) in [4.78, 5) is 12.8. The molecule has 7 nitrogen and oxygen atoms in total. The number of piperidine rings is 1. The molecule has 0 saturated carbocycles. The third kappa shape index (κ3) is 4.70. The first kappa shape index (κ1) is 21.6. The van der Waals surface area contributed by atoms with Gasteiger partial charge in [-0.15, -0.1) is 0 Å². The Morgan fingerprint density at radius 2 is 1.71 bits per heavy atom. The standard InChI is InChI=1S/C23H27NO6S/c1-16-4-6-20(17(2)14-16)30-23(25)18-8-10-24(11-9-18)31(26,27)19-5-7-21-22(15-19)29-13-3-12-28-21/h4-7,14-15,18H,3,8-13H2,1-2H3. The normalized spacial score (nSPS) is 17.7. The number of rotatable bonds is 4. The molecule has 0 aromatic heterocycles. The number of esters is 1. The summed E-state index contributed by atoms with van der Waals surface area (Å²) in [7, 11) is -3.68. The Bertz CT molecular complexity index is 1070. The van der Waals surface area contributed by atoms with Crippen molar-refractivity contribution in [1.29, 1.82) is 0 Å². The smallest absolute Gasteiger partial charge is 0.314 e. The summed E-state index contributed by atoms with van der Waals surface area (Å²) >= 11 is 0. The Morgan fingerprint density at radius 3 is 2.42 bits per heavy atom. The zero-order valence-corrected chi connectivity index (χ0v) is 18.6. The van der Waals surface area contributed by atoms with E-state index in [0.29, 0.717) is 43.3 Å². The first-order valence-electron chi connectivity index (χ1n) is 10.5. The molecule has 2 aromatic carbocycles. The van der Waals surface area contributed by atoms with Gasteiger partial charge in [0.25, 0.3) is 0 Å². The monoisotopic (exact) mass is 445 g/mol. The second-order valence-corrected chi connectivity index (χ2v) is 9.97. The lowest BCUT2D eigenvalue weighted by molar-refractivity contribution is -0.140. The van der Waals surface area contributed by atoms with Crippen LogP contribution in [0.15, 0.2) is 41.3 Å². The van der Waals surface area contributed by atoms with E-state index in [-0.39, 0.29) is 29.9 Å². The highest BCUT2D eigenvalue weighted by atomic mass is 32.2. The largest absolute Gasteiger partial charge is 0.490 e. The summed E-state index contributed by atoms with van der Waals surface area (Å²) in [6.07, 6.45) is 1.60. The van der Waals surface area contributed by atoms with Crippen molar-refractivity contribution in [1.82, 2.24) is 4.31 Å². The molecule has 2 aromatic rings. The van der Waals surface area contributed by atoms with Gasteiger partial charge in [0.1, 0.15) is 5.75 Å². The average molecular weight is 446 g/mol. The molecule has 1 fully saturated rings. The zero-order valence-electron chi connectivity index (χ0n) is 17.8. The Labute approximate surface area is 183 Å². The Kier molecular flexibility index (Phi) is 6.20. The zero-order chi connectivity index (χ0) is 22.0. The van der Waals surface area contributed by atoms with Gasteiger partial charge in [-0.1, -0.05) is 17.7 Å². The van der Waals surface area contributed by atoms with Gasteiger partial charge in [0.15, 0.2) is 11.5 Å². The van der Waals surface area contributed by atoms with Gasteiger partial charge >= 0.3 is 5.97 Å². The molecule has 0 bridgehead atoms. The SMILES string of the molecule is Cc1ccc(OC(=O)C2CCN(S(=O)(=O)c3ccc4c(c3)OCCCO4)CC2)c(C)c1. The summed E-state index contributed by atoms with van der Waals surface area (Å²) in [5.41, 5.74) is 2.01. The van der Waals surface area contributed by atoms with Crippen molar-refractivity contribution in [3.05, 3.63) is 47.5 Å². The molecule has 1 saturated heterocycles. The molecule has 0 amide bonds. The van der Waals surface area contributed by atoms with Crippen molar-refractivity contribution < 1.29 is 27.4 Å². The lowest BCUT2D eigenvalue weighted by Crippen LogP contribution is -2.41. The minimum absolute atomic E-state index is 0.174. The molecule has 166 valence electrons. The van der Waals surface area contributed by atoms with Crippen molar-refractivity contribution >= 4 is 16.0 Å². The molecule has 4 rings (SSSR count). The number of carbonyl (C=O) groups excluding carboxylic acids is 1.